The van der Waals surface area contributed by atoms with Crippen LogP contribution >= 0.6 is 0 Å². The van der Waals surface area contributed by atoms with Crippen molar-refractivity contribution in [3.05, 3.63) is 0 Å². The number of carbonyl (C=O) groups is 2. The molecule has 0 fully saturated rings. The first-order chi connectivity index (χ1) is 3.66. The van der Waals surface area contributed by atoms with Gasteiger partial charge in [0, 0.05) is 16.8 Å². The molecule has 0 amide bonds. The first kappa shape index (κ1) is 11.4. The number of hydrogen-bond donors (Lipinski definition) is 0. The molecule has 0 atom stereocenters. The summed E-state index contributed by atoms with van der Waals surface area (Å²) in [6.45, 7) is 1.34. The van der Waals surface area contributed by atoms with Gasteiger partial charge in [0.25, 0.3) is 0 Å². The maximum atomic E-state index is 10.2. The Kier molecular flexibility index (Phi) is 7.35. The summed E-state index contributed by atoms with van der Waals surface area (Å²) in [7, 11) is 1.26. The zero-order valence-electron chi connectivity index (χ0n) is 5.27. The van der Waals surface area contributed by atoms with Crippen LogP contribution in [0.3, 0.4) is 0 Å². The average Bonchev–Trinajstić information content (AvgIpc) is 1.65. The van der Waals surface area contributed by atoms with Gasteiger partial charge in [-0.25, -0.2) is 0 Å². The Morgan fingerprint density at radius 3 is 2.00 bits per heavy atom. The summed E-state index contributed by atoms with van der Waals surface area (Å²) in [5, 5.41) is 0. The number of Topliss-reactive ketones (excluding diaryl/α,β-unsaturated/α-hetero) is 1. The zero-order valence-corrected chi connectivity index (χ0v) is 6.31. The van der Waals surface area contributed by atoms with E-state index in [2.05, 4.69) is 4.74 Å². The molecule has 9 heavy (non-hydrogen) atoms. The molecule has 55 valence electrons. The van der Waals surface area contributed by atoms with Gasteiger partial charge in [-0.05, 0) is 6.92 Å². The Morgan fingerprint density at radius 2 is 1.89 bits per heavy atom. The first-order valence-electron chi connectivity index (χ1n) is 2.23. The normalized spacial score (nSPS) is 7.33. The van der Waals surface area contributed by atoms with Crippen LogP contribution in [0.4, 0.5) is 0 Å². The number of ketones is 1. The van der Waals surface area contributed by atoms with Gasteiger partial charge in [0.1, 0.15) is 12.2 Å². The molecule has 1 radical (unpaired) electrons. The Balaban J connectivity index is 0. The minimum absolute atomic E-state index is 0. The molecule has 4 heteroatoms. The van der Waals surface area contributed by atoms with Crippen molar-refractivity contribution >= 4 is 11.8 Å². The molecule has 0 spiro atoms. The van der Waals surface area contributed by atoms with Gasteiger partial charge in [-0.3, -0.25) is 9.59 Å². The Labute approximate surface area is 64.0 Å². The Bertz CT molecular complexity index is 111. The van der Waals surface area contributed by atoms with Gasteiger partial charge in [0.2, 0.25) is 0 Å². The van der Waals surface area contributed by atoms with Gasteiger partial charge in [-0.2, -0.15) is 0 Å². The molecule has 0 aromatic carbocycles. The molecular formula is C5H8CoO3. The van der Waals surface area contributed by atoms with Crippen LogP contribution in [0.2, 0.25) is 0 Å². The van der Waals surface area contributed by atoms with Crippen molar-refractivity contribution in [3.63, 3.8) is 0 Å². The fourth-order valence-corrected chi connectivity index (χ4v) is 0.275. The fourth-order valence-electron chi connectivity index (χ4n) is 0.275. The first-order valence-corrected chi connectivity index (χ1v) is 2.23. The average molecular weight is 175 g/mol. The monoisotopic (exact) mass is 175 g/mol. The third-order valence-corrected chi connectivity index (χ3v) is 0.621. The van der Waals surface area contributed by atoms with E-state index in [1.165, 1.54) is 14.0 Å². The van der Waals surface area contributed by atoms with Crippen molar-refractivity contribution in [2.75, 3.05) is 7.11 Å². The van der Waals surface area contributed by atoms with Crippen molar-refractivity contribution in [3.8, 4) is 0 Å². The number of ether oxygens (including phenoxy) is 1. The molecule has 0 bridgehead atoms. The second-order valence-corrected chi connectivity index (χ2v) is 1.45. The van der Waals surface area contributed by atoms with Crippen LogP contribution in [0.25, 0.3) is 0 Å². The maximum absolute atomic E-state index is 10.2. The standard InChI is InChI=1S/C5H8O3.Co/c1-4(6)3-5(7)8-2;/h3H2,1-2H3;. The van der Waals surface area contributed by atoms with E-state index in [0.29, 0.717) is 0 Å². The maximum Gasteiger partial charge on any atom is 0.313 e. The van der Waals surface area contributed by atoms with Crippen molar-refractivity contribution in [2.45, 2.75) is 13.3 Å². The van der Waals surface area contributed by atoms with E-state index in [1.807, 2.05) is 0 Å². The van der Waals surface area contributed by atoms with Crippen LogP contribution in [0.15, 0.2) is 0 Å². The van der Waals surface area contributed by atoms with E-state index in [0.717, 1.165) is 0 Å². The quantitative estimate of drug-likeness (QED) is 0.442. The van der Waals surface area contributed by atoms with Gasteiger partial charge in [-0.1, -0.05) is 0 Å². The van der Waals surface area contributed by atoms with E-state index in [9.17, 15) is 9.59 Å². The number of esters is 1. The molecule has 0 aliphatic carbocycles. The molecule has 0 saturated heterocycles. The van der Waals surface area contributed by atoms with Gasteiger partial charge in [0.05, 0.1) is 7.11 Å². The summed E-state index contributed by atoms with van der Waals surface area (Å²) in [6.07, 6.45) is -0.115. The predicted octanol–water partition coefficient (Wildman–Crippen LogP) is 0.136. The van der Waals surface area contributed by atoms with E-state index in [-0.39, 0.29) is 29.0 Å². The minimum atomic E-state index is -0.475. The van der Waals surface area contributed by atoms with E-state index >= 15 is 0 Å². The fraction of sp³-hybridized carbons (Fsp3) is 0.600. The molecule has 0 aliphatic heterocycles. The number of hydrogen-bond acceptors (Lipinski definition) is 3. The summed E-state index contributed by atoms with van der Waals surface area (Å²) < 4.78 is 4.20. The number of methoxy groups -OCH3 is 1. The van der Waals surface area contributed by atoms with Crippen LogP contribution in [0, 0.1) is 0 Å². The largest absolute Gasteiger partial charge is 0.469 e. The molecule has 0 N–H and O–H groups in total. The minimum Gasteiger partial charge on any atom is -0.469 e. The van der Waals surface area contributed by atoms with Crippen LogP contribution in [-0.2, 0) is 31.1 Å². The number of carbonyl (C=O) groups excluding carboxylic acids is 2. The molecule has 0 rings (SSSR count). The summed E-state index contributed by atoms with van der Waals surface area (Å²) in [5.74, 6) is -0.644. The SMILES string of the molecule is COC(=O)CC(C)=O.[Co]. The van der Waals surface area contributed by atoms with Crippen LogP contribution in [0.1, 0.15) is 13.3 Å². The van der Waals surface area contributed by atoms with Gasteiger partial charge in [0.15, 0.2) is 0 Å². The van der Waals surface area contributed by atoms with Gasteiger partial charge in [-0.15, -0.1) is 0 Å². The summed E-state index contributed by atoms with van der Waals surface area (Å²) in [6, 6.07) is 0. The van der Waals surface area contributed by atoms with Crippen molar-refractivity contribution in [1.29, 1.82) is 0 Å². The van der Waals surface area contributed by atoms with Crippen LogP contribution in [0.5, 0.6) is 0 Å². The molecule has 0 unspecified atom stereocenters. The van der Waals surface area contributed by atoms with Crippen molar-refractivity contribution in [1.82, 2.24) is 0 Å². The molecule has 0 aliphatic rings. The smallest absolute Gasteiger partial charge is 0.313 e. The molecule has 0 saturated carbocycles. The third kappa shape index (κ3) is 7.65. The summed E-state index contributed by atoms with van der Waals surface area (Å²) in [4.78, 5) is 20.3. The third-order valence-electron chi connectivity index (χ3n) is 0.621. The van der Waals surface area contributed by atoms with Crippen molar-refractivity contribution < 1.29 is 31.1 Å². The second-order valence-electron chi connectivity index (χ2n) is 1.45. The van der Waals surface area contributed by atoms with Gasteiger partial charge >= 0.3 is 5.97 Å². The molecule has 0 aromatic rings. The summed E-state index contributed by atoms with van der Waals surface area (Å²) >= 11 is 0. The zero-order chi connectivity index (χ0) is 6.57. The Morgan fingerprint density at radius 1 is 1.44 bits per heavy atom. The molecule has 0 heterocycles. The number of rotatable bonds is 2. The topological polar surface area (TPSA) is 43.4 Å². The van der Waals surface area contributed by atoms with Crippen molar-refractivity contribution in [2.24, 2.45) is 0 Å². The summed E-state index contributed by atoms with van der Waals surface area (Å²) in [5.41, 5.74) is 0. The molecular weight excluding hydrogens is 167 g/mol. The van der Waals surface area contributed by atoms with Crippen LogP contribution < -0.4 is 0 Å². The van der Waals surface area contributed by atoms with Gasteiger partial charge < -0.3 is 4.74 Å². The van der Waals surface area contributed by atoms with Crippen LogP contribution in [-0.4, -0.2) is 18.9 Å². The molecule has 0 aromatic heterocycles. The van der Waals surface area contributed by atoms with E-state index < -0.39 is 5.97 Å². The predicted molar refractivity (Wildman–Crippen MR) is 27.3 cm³/mol. The van der Waals surface area contributed by atoms with E-state index in [1.54, 1.807) is 0 Å². The molecule has 3 nitrogen and oxygen atoms in total. The second kappa shape index (κ2) is 5.78. The Hall–Kier alpha value is -0.354. The van der Waals surface area contributed by atoms with E-state index in [4.69, 9.17) is 0 Å².